The third-order valence-corrected chi connectivity index (χ3v) is 3.52. The molecule has 1 N–H and O–H groups in total. The average molecular weight is 318 g/mol. The first-order valence-corrected chi connectivity index (χ1v) is 7.73. The van der Waals surface area contributed by atoms with Gasteiger partial charge in [0.2, 0.25) is 0 Å². The molecule has 0 aliphatic carbocycles. The minimum absolute atomic E-state index is 0.00395. The van der Waals surface area contributed by atoms with E-state index in [2.05, 4.69) is 17.4 Å². The van der Waals surface area contributed by atoms with Crippen LogP contribution in [0.4, 0.5) is 0 Å². The van der Waals surface area contributed by atoms with Crippen molar-refractivity contribution in [3.8, 4) is 5.75 Å². The molecule has 0 aliphatic rings. The zero-order chi connectivity index (χ0) is 15.8. The van der Waals surface area contributed by atoms with Crippen molar-refractivity contribution < 1.29 is 9.53 Å². The summed E-state index contributed by atoms with van der Waals surface area (Å²) in [5.74, 6) is 0.472. The van der Waals surface area contributed by atoms with E-state index in [0.717, 1.165) is 12.8 Å². The van der Waals surface area contributed by atoms with Crippen LogP contribution >= 0.6 is 11.6 Å². The Morgan fingerprint density at radius 2 is 1.95 bits per heavy atom. The Bertz CT molecular complexity index is 601. The molecular formula is C18H20ClNO2. The summed E-state index contributed by atoms with van der Waals surface area (Å²) in [5.41, 5.74) is 1.28. The van der Waals surface area contributed by atoms with Crippen LogP contribution < -0.4 is 10.1 Å². The molecule has 2 rings (SSSR count). The second-order valence-electron chi connectivity index (χ2n) is 5.24. The number of hydrogen-bond donors (Lipinski definition) is 1. The predicted molar refractivity (Wildman–Crippen MR) is 89.3 cm³/mol. The molecule has 0 saturated carbocycles. The molecule has 3 nitrogen and oxygen atoms in total. The maximum Gasteiger partial charge on any atom is 0.258 e. The lowest BCUT2D eigenvalue weighted by Gasteiger charge is -2.14. The van der Waals surface area contributed by atoms with Gasteiger partial charge in [-0.3, -0.25) is 4.79 Å². The summed E-state index contributed by atoms with van der Waals surface area (Å²) in [6, 6.07) is 17.4. The highest BCUT2D eigenvalue weighted by atomic mass is 35.5. The molecule has 22 heavy (non-hydrogen) atoms. The zero-order valence-electron chi connectivity index (χ0n) is 12.6. The lowest BCUT2D eigenvalue weighted by Crippen LogP contribution is -2.36. The van der Waals surface area contributed by atoms with Crippen molar-refractivity contribution in [1.29, 1.82) is 0 Å². The fraction of sp³-hybridized carbons (Fsp3) is 0.278. The van der Waals surface area contributed by atoms with Gasteiger partial charge in [0.15, 0.2) is 6.61 Å². The van der Waals surface area contributed by atoms with E-state index in [4.69, 9.17) is 16.3 Å². The number of carbonyl (C=O) groups excluding carboxylic acids is 1. The van der Waals surface area contributed by atoms with E-state index in [1.54, 1.807) is 24.3 Å². The standard InChI is InChI=1S/C18H20ClNO2/c1-14(10-11-15-6-3-2-4-7-15)20-18(21)13-22-17-9-5-8-16(19)12-17/h2-9,12,14H,10-11,13H2,1H3,(H,20,21)/t14-/m0/s1. The first-order chi connectivity index (χ1) is 10.6. The Hall–Kier alpha value is -2.00. The molecule has 1 amide bonds. The Labute approximate surface area is 136 Å². The monoisotopic (exact) mass is 317 g/mol. The molecule has 0 fully saturated rings. The highest BCUT2D eigenvalue weighted by molar-refractivity contribution is 6.30. The highest BCUT2D eigenvalue weighted by Crippen LogP contribution is 2.16. The lowest BCUT2D eigenvalue weighted by atomic mass is 10.1. The Morgan fingerprint density at radius 3 is 2.68 bits per heavy atom. The number of carbonyl (C=O) groups is 1. The van der Waals surface area contributed by atoms with E-state index in [-0.39, 0.29) is 18.6 Å². The molecular weight excluding hydrogens is 298 g/mol. The van der Waals surface area contributed by atoms with Gasteiger partial charge in [0.25, 0.3) is 5.91 Å². The molecule has 0 aromatic heterocycles. The SMILES string of the molecule is C[C@@H](CCc1ccccc1)NC(=O)COc1cccc(Cl)c1. The minimum atomic E-state index is -0.125. The Kier molecular flexibility index (Phi) is 6.28. The number of aryl methyl sites for hydroxylation is 1. The molecule has 2 aromatic rings. The van der Waals surface area contributed by atoms with Crippen molar-refractivity contribution in [3.63, 3.8) is 0 Å². The van der Waals surface area contributed by atoms with Crippen LogP contribution in [-0.4, -0.2) is 18.6 Å². The Balaban J connectivity index is 1.70. The lowest BCUT2D eigenvalue weighted by molar-refractivity contribution is -0.123. The van der Waals surface area contributed by atoms with Crippen LogP contribution in [0.15, 0.2) is 54.6 Å². The normalized spacial score (nSPS) is 11.7. The fourth-order valence-corrected chi connectivity index (χ4v) is 2.30. The van der Waals surface area contributed by atoms with Crippen molar-refractivity contribution in [1.82, 2.24) is 5.32 Å². The average Bonchev–Trinajstić information content (AvgIpc) is 2.52. The van der Waals surface area contributed by atoms with Gasteiger partial charge in [0, 0.05) is 11.1 Å². The van der Waals surface area contributed by atoms with Crippen LogP contribution in [0, 0.1) is 0 Å². The van der Waals surface area contributed by atoms with E-state index in [0.29, 0.717) is 10.8 Å². The van der Waals surface area contributed by atoms with E-state index >= 15 is 0 Å². The molecule has 116 valence electrons. The number of halogens is 1. The summed E-state index contributed by atoms with van der Waals surface area (Å²) in [7, 11) is 0. The summed E-state index contributed by atoms with van der Waals surface area (Å²) in [6.07, 6.45) is 1.84. The number of nitrogens with one attached hydrogen (secondary N) is 1. The van der Waals surface area contributed by atoms with Crippen LogP contribution in [-0.2, 0) is 11.2 Å². The summed E-state index contributed by atoms with van der Waals surface area (Å²) in [6.45, 7) is 2.00. The van der Waals surface area contributed by atoms with Crippen molar-refractivity contribution in [2.45, 2.75) is 25.8 Å². The van der Waals surface area contributed by atoms with Crippen molar-refractivity contribution in [2.75, 3.05) is 6.61 Å². The topological polar surface area (TPSA) is 38.3 Å². The van der Waals surface area contributed by atoms with Gasteiger partial charge < -0.3 is 10.1 Å². The first-order valence-electron chi connectivity index (χ1n) is 7.35. The molecule has 0 spiro atoms. The van der Waals surface area contributed by atoms with Crippen LogP contribution in [0.2, 0.25) is 5.02 Å². The number of amides is 1. The summed E-state index contributed by atoms with van der Waals surface area (Å²) in [5, 5.41) is 3.53. The maximum atomic E-state index is 11.9. The highest BCUT2D eigenvalue weighted by Gasteiger charge is 2.08. The van der Waals surface area contributed by atoms with Gasteiger partial charge in [-0.05, 0) is 43.5 Å². The molecule has 2 aromatic carbocycles. The molecule has 4 heteroatoms. The summed E-state index contributed by atoms with van der Waals surface area (Å²) < 4.78 is 5.42. The van der Waals surface area contributed by atoms with E-state index in [1.807, 2.05) is 25.1 Å². The van der Waals surface area contributed by atoms with Crippen LogP contribution in [0.1, 0.15) is 18.9 Å². The second kappa shape index (κ2) is 8.44. The molecule has 0 bridgehead atoms. The number of benzene rings is 2. The molecule has 0 saturated heterocycles. The van der Waals surface area contributed by atoms with Crippen LogP contribution in [0.3, 0.4) is 0 Å². The summed E-state index contributed by atoms with van der Waals surface area (Å²) >= 11 is 5.86. The molecule has 0 radical (unpaired) electrons. The van der Waals surface area contributed by atoms with E-state index in [1.165, 1.54) is 5.56 Å². The largest absolute Gasteiger partial charge is 0.484 e. The van der Waals surface area contributed by atoms with E-state index in [9.17, 15) is 4.79 Å². The number of ether oxygens (including phenoxy) is 1. The van der Waals surface area contributed by atoms with Gasteiger partial charge in [-0.15, -0.1) is 0 Å². The quantitative estimate of drug-likeness (QED) is 0.842. The summed E-state index contributed by atoms with van der Waals surface area (Å²) in [4.78, 5) is 11.9. The third-order valence-electron chi connectivity index (χ3n) is 3.28. The van der Waals surface area contributed by atoms with Crippen LogP contribution in [0.5, 0.6) is 5.75 Å². The Morgan fingerprint density at radius 1 is 1.18 bits per heavy atom. The smallest absolute Gasteiger partial charge is 0.258 e. The maximum absolute atomic E-state index is 11.9. The van der Waals surface area contributed by atoms with Crippen molar-refractivity contribution in [2.24, 2.45) is 0 Å². The van der Waals surface area contributed by atoms with Crippen molar-refractivity contribution >= 4 is 17.5 Å². The zero-order valence-corrected chi connectivity index (χ0v) is 13.3. The molecule has 0 unspecified atom stereocenters. The predicted octanol–water partition coefficient (Wildman–Crippen LogP) is 3.86. The van der Waals surface area contributed by atoms with Gasteiger partial charge in [-0.25, -0.2) is 0 Å². The van der Waals surface area contributed by atoms with Crippen LogP contribution in [0.25, 0.3) is 0 Å². The fourth-order valence-electron chi connectivity index (χ4n) is 2.12. The van der Waals surface area contributed by atoms with Gasteiger partial charge >= 0.3 is 0 Å². The first kappa shape index (κ1) is 16.4. The minimum Gasteiger partial charge on any atom is -0.484 e. The number of hydrogen-bond acceptors (Lipinski definition) is 2. The van der Waals surface area contributed by atoms with Gasteiger partial charge in [-0.1, -0.05) is 48.0 Å². The van der Waals surface area contributed by atoms with Gasteiger partial charge in [0.1, 0.15) is 5.75 Å². The molecule has 1 atom stereocenters. The number of rotatable bonds is 7. The third kappa shape index (κ3) is 5.78. The second-order valence-corrected chi connectivity index (χ2v) is 5.68. The van der Waals surface area contributed by atoms with Gasteiger partial charge in [0.05, 0.1) is 0 Å². The van der Waals surface area contributed by atoms with Gasteiger partial charge in [-0.2, -0.15) is 0 Å². The van der Waals surface area contributed by atoms with E-state index < -0.39 is 0 Å². The molecule has 0 aliphatic heterocycles. The van der Waals surface area contributed by atoms with Crippen molar-refractivity contribution in [3.05, 3.63) is 65.2 Å². The molecule has 0 heterocycles.